The summed E-state index contributed by atoms with van der Waals surface area (Å²) in [5.74, 6) is 1.79. The fourth-order valence-electron chi connectivity index (χ4n) is 4.82. The molecule has 3 heteroatoms. The van der Waals surface area contributed by atoms with Crippen LogP contribution in [0, 0.1) is 17.7 Å². The Labute approximate surface area is 171 Å². The highest BCUT2D eigenvalue weighted by Gasteiger charge is 2.24. The average Bonchev–Trinajstić information content (AvgIpc) is 2.73. The molecule has 1 aliphatic carbocycles. The fourth-order valence-corrected chi connectivity index (χ4v) is 4.82. The molecule has 0 N–H and O–H groups in total. The van der Waals surface area contributed by atoms with Crippen molar-refractivity contribution in [2.24, 2.45) is 11.8 Å². The van der Waals surface area contributed by atoms with Gasteiger partial charge in [0.25, 0.3) is 0 Å². The summed E-state index contributed by atoms with van der Waals surface area (Å²) in [6, 6.07) is 5.90. The molecule has 0 unspecified atom stereocenters. The van der Waals surface area contributed by atoms with E-state index >= 15 is 0 Å². The Balaban J connectivity index is 1.42. The van der Waals surface area contributed by atoms with Gasteiger partial charge in [-0.2, -0.15) is 0 Å². The van der Waals surface area contributed by atoms with E-state index in [1.807, 2.05) is 6.07 Å². The summed E-state index contributed by atoms with van der Waals surface area (Å²) in [6.45, 7) is 6.12. The van der Waals surface area contributed by atoms with Gasteiger partial charge < -0.3 is 9.47 Å². The molecule has 1 heterocycles. The number of ether oxygens (including phenoxy) is 2. The van der Waals surface area contributed by atoms with Gasteiger partial charge in [0.1, 0.15) is 5.82 Å². The predicted octanol–water partition coefficient (Wildman–Crippen LogP) is 7.01. The van der Waals surface area contributed by atoms with Crippen molar-refractivity contribution in [2.75, 3.05) is 13.2 Å². The molecule has 1 saturated heterocycles. The number of halogens is 1. The summed E-state index contributed by atoms with van der Waals surface area (Å²) in [7, 11) is 0. The van der Waals surface area contributed by atoms with Crippen LogP contribution in [0.25, 0.3) is 0 Å². The van der Waals surface area contributed by atoms with Crippen molar-refractivity contribution in [1.29, 1.82) is 0 Å². The molecule has 0 aromatic heterocycles. The van der Waals surface area contributed by atoms with Crippen LogP contribution in [0.1, 0.15) is 95.1 Å². The van der Waals surface area contributed by atoms with Crippen LogP contribution in [0.5, 0.6) is 0 Å². The molecule has 158 valence electrons. The lowest BCUT2D eigenvalue weighted by molar-refractivity contribution is -0.203. The summed E-state index contributed by atoms with van der Waals surface area (Å²) in [5, 5.41) is 0. The minimum absolute atomic E-state index is 0.0149. The Kier molecular flexibility index (Phi) is 8.79. The van der Waals surface area contributed by atoms with Crippen molar-refractivity contribution in [2.45, 2.75) is 96.7 Å². The van der Waals surface area contributed by atoms with Crippen LogP contribution in [-0.4, -0.2) is 19.5 Å². The van der Waals surface area contributed by atoms with Crippen molar-refractivity contribution in [3.8, 4) is 0 Å². The smallest absolute Gasteiger partial charge is 0.157 e. The Morgan fingerprint density at radius 2 is 1.68 bits per heavy atom. The Morgan fingerprint density at radius 1 is 0.929 bits per heavy atom. The zero-order valence-electron chi connectivity index (χ0n) is 17.9. The highest BCUT2D eigenvalue weighted by molar-refractivity contribution is 5.28. The van der Waals surface area contributed by atoms with Gasteiger partial charge >= 0.3 is 0 Å². The quantitative estimate of drug-likeness (QED) is 0.422. The molecule has 0 bridgehead atoms. The molecule has 1 aromatic rings. The zero-order chi connectivity index (χ0) is 19.8. The van der Waals surface area contributed by atoms with Crippen LogP contribution < -0.4 is 0 Å². The first-order chi connectivity index (χ1) is 13.7. The molecule has 0 spiro atoms. The number of hydrogen-bond donors (Lipinski definition) is 0. The summed E-state index contributed by atoms with van der Waals surface area (Å²) in [6.07, 6.45) is 12.5. The van der Waals surface area contributed by atoms with Gasteiger partial charge in [0.15, 0.2) is 6.29 Å². The molecule has 1 saturated carbocycles. The number of hydrogen-bond acceptors (Lipinski definition) is 2. The second kappa shape index (κ2) is 11.3. The topological polar surface area (TPSA) is 18.5 Å². The molecular formula is C25H39FO2. The normalized spacial score (nSPS) is 28.4. The van der Waals surface area contributed by atoms with Crippen molar-refractivity contribution in [3.05, 3.63) is 35.1 Å². The largest absolute Gasteiger partial charge is 0.352 e. The average molecular weight is 391 g/mol. The van der Waals surface area contributed by atoms with E-state index in [4.69, 9.17) is 9.47 Å². The van der Waals surface area contributed by atoms with Gasteiger partial charge in [0.2, 0.25) is 0 Å². The fraction of sp³-hybridized carbons (Fsp3) is 0.760. The minimum atomic E-state index is -0.130. The van der Waals surface area contributed by atoms with Gasteiger partial charge in [-0.05, 0) is 67.6 Å². The van der Waals surface area contributed by atoms with E-state index in [0.717, 1.165) is 55.9 Å². The zero-order valence-corrected chi connectivity index (χ0v) is 17.9. The van der Waals surface area contributed by atoms with Gasteiger partial charge in [0.05, 0.1) is 13.2 Å². The molecule has 3 rings (SSSR count). The first-order valence-corrected chi connectivity index (χ1v) is 11.7. The first kappa shape index (κ1) is 21.8. The van der Waals surface area contributed by atoms with E-state index < -0.39 is 0 Å². The van der Waals surface area contributed by atoms with Crippen LogP contribution in [0.3, 0.4) is 0 Å². The summed E-state index contributed by atoms with van der Waals surface area (Å²) < 4.78 is 26.5. The molecule has 2 nitrogen and oxygen atoms in total. The lowest BCUT2D eigenvalue weighted by Gasteiger charge is -2.30. The van der Waals surface area contributed by atoms with E-state index in [1.54, 1.807) is 6.07 Å². The van der Waals surface area contributed by atoms with Gasteiger partial charge in [-0.3, -0.25) is 0 Å². The van der Waals surface area contributed by atoms with Crippen LogP contribution in [0.2, 0.25) is 0 Å². The van der Waals surface area contributed by atoms with Crippen LogP contribution in [0.15, 0.2) is 18.2 Å². The number of aryl methyl sites for hydroxylation is 1. The maximum Gasteiger partial charge on any atom is 0.157 e. The molecule has 2 fully saturated rings. The van der Waals surface area contributed by atoms with Crippen LogP contribution >= 0.6 is 0 Å². The maximum absolute atomic E-state index is 14.7. The second-order valence-electron chi connectivity index (χ2n) is 8.98. The molecule has 28 heavy (non-hydrogen) atoms. The Bertz CT molecular complexity index is 572. The molecule has 1 aliphatic heterocycles. The highest BCUT2D eigenvalue weighted by Crippen LogP contribution is 2.38. The van der Waals surface area contributed by atoms with E-state index in [9.17, 15) is 4.39 Å². The number of unbranched alkanes of at least 4 members (excludes halogenated alkanes) is 2. The van der Waals surface area contributed by atoms with Crippen LogP contribution in [0.4, 0.5) is 4.39 Å². The number of rotatable bonds is 9. The number of benzene rings is 1. The van der Waals surface area contributed by atoms with Gasteiger partial charge in [0, 0.05) is 12.3 Å². The Hall–Kier alpha value is -0.930. The third-order valence-corrected chi connectivity index (χ3v) is 6.85. The van der Waals surface area contributed by atoms with Crippen molar-refractivity contribution < 1.29 is 13.9 Å². The van der Waals surface area contributed by atoms with E-state index in [-0.39, 0.29) is 12.1 Å². The minimum Gasteiger partial charge on any atom is -0.352 e. The van der Waals surface area contributed by atoms with Crippen molar-refractivity contribution in [1.82, 2.24) is 0 Å². The van der Waals surface area contributed by atoms with E-state index in [1.165, 1.54) is 44.9 Å². The summed E-state index contributed by atoms with van der Waals surface area (Å²) >= 11 is 0. The summed E-state index contributed by atoms with van der Waals surface area (Å²) in [5.41, 5.74) is 1.99. The molecule has 0 amide bonds. The summed E-state index contributed by atoms with van der Waals surface area (Å²) in [4.78, 5) is 0. The third-order valence-electron chi connectivity index (χ3n) is 6.85. The van der Waals surface area contributed by atoms with Gasteiger partial charge in [-0.25, -0.2) is 4.39 Å². The van der Waals surface area contributed by atoms with Crippen LogP contribution in [-0.2, 0) is 15.9 Å². The molecular weight excluding hydrogens is 351 g/mol. The lowest BCUT2D eigenvalue weighted by Crippen LogP contribution is -2.32. The molecule has 0 radical (unpaired) electrons. The van der Waals surface area contributed by atoms with E-state index in [0.29, 0.717) is 11.8 Å². The second-order valence-corrected chi connectivity index (χ2v) is 8.98. The highest BCUT2D eigenvalue weighted by atomic mass is 19.1. The SMILES string of the molecule is CCCCCC1COC(CCc2ccc(C3CCC(CC)CC3)c(F)c2)OC1. The van der Waals surface area contributed by atoms with Gasteiger partial charge in [-0.1, -0.05) is 51.7 Å². The van der Waals surface area contributed by atoms with E-state index in [2.05, 4.69) is 19.9 Å². The molecule has 0 atom stereocenters. The Morgan fingerprint density at radius 3 is 2.32 bits per heavy atom. The monoisotopic (exact) mass is 390 g/mol. The maximum atomic E-state index is 14.7. The first-order valence-electron chi connectivity index (χ1n) is 11.7. The van der Waals surface area contributed by atoms with Crippen molar-refractivity contribution >= 4 is 0 Å². The molecule has 1 aromatic carbocycles. The van der Waals surface area contributed by atoms with Gasteiger partial charge in [-0.15, -0.1) is 0 Å². The molecule has 2 aliphatic rings. The predicted molar refractivity (Wildman–Crippen MR) is 113 cm³/mol. The van der Waals surface area contributed by atoms with Crippen molar-refractivity contribution in [3.63, 3.8) is 0 Å². The lowest BCUT2D eigenvalue weighted by atomic mass is 9.77. The standard InChI is InChI=1S/C25H39FO2/c1-3-5-6-7-21-17-27-25(28-18-21)15-11-20-10-14-23(24(26)16-20)22-12-8-19(4-2)9-13-22/h10,14,16,19,21-22,25H,3-9,11-13,15,17-18H2,1-2H3. The third kappa shape index (κ3) is 6.29.